The van der Waals surface area contributed by atoms with Crippen LogP contribution in [-0.4, -0.2) is 29.8 Å². The third-order valence-electron chi connectivity index (χ3n) is 3.94. The molecule has 2 rings (SSSR count). The van der Waals surface area contributed by atoms with Crippen molar-refractivity contribution < 1.29 is 14.0 Å². The molecule has 0 bridgehead atoms. The van der Waals surface area contributed by atoms with Crippen molar-refractivity contribution in [3.05, 3.63) is 65.5 Å². The van der Waals surface area contributed by atoms with Gasteiger partial charge in [-0.15, -0.1) is 0 Å². The molecule has 0 aliphatic rings. The van der Waals surface area contributed by atoms with Crippen molar-refractivity contribution >= 4 is 17.5 Å². The first kappa shape index (κ1) is 18.6. The van der Waals surface area contributed by atoms with E-state index in [4.69, 9.17) is 0 Å². The average molecular weight is 342 g/mol. The van der Waals surface area contributed by atoms with Crippen LogP contribution in [-0.2, 0) is 16.0 Å². The second-order valence-electron chi connectivity index (χ2n) is 6.05. The van der Waals surface area contributed by atoms with Crippen LogP contribution in [0.5, 0.6) is 0 Å². The molecule has 4 nitrogen and oxygen atoms in total. The van der Waals surface area contributed by atoms with Crippen molar-refractivity contribution in [1.29, 1.82) is 0 Å². The molecule has 2 amide bonds. The topological polar surface area (TPSA) is 49.4 Å². The number of nitrogens with one attached hydrogen (secondary N) is 1. The van der Waals surface area contributed by atoms with E-state index in [2.05, 4.69) is 5.32 Å². The molecule has 0 fully saturated rings. The van der Waals surface area contributed by atoms with Crippen molar-refractivity contribution in [3.8, 4) is 0 Å². The molecule has 0 saturated carbocycles. The SMILES string of the molecule is CC(=O)N(CCC(=O)Nc1cccc(C)c1)CCc1ccc(F)cc1. The minimum absolute atomic E-state index is 0.0783. The summed E-state index contributed by atoms with van der Waals surface area (Å²) in [6, 6.07) is 13.8. The van der Waals surface area contributed by atoms with Crippen molar-refractivity contribution in [2.75, 3.05) is 18.4 Å². The van der Waals surface area contributed by atoms with Crippen LogP contribution in [0.3, 0.4) is 0 Å². The molecule has 1 N–H and O–H groups in total. The molecular weight excluding hydrogens is 319 g/mol. The highest BCUT2D eigenvalue weighted by Crippen LogP contribution is 2.10. The number of amides is 2. The number of halogens is 1. The highest BCUT2D eigenvalue weighted by molar-refractivity contribution is 5.91. The molecule has 0 radical (unpaired) electrons. The van der Waals surface area contributed by atoms with Gasteiger partial charge in [0.15, 0.2) is 0 Å². The molecule has 2 aromatic rings. The normalized spacial score (nSPS) is 10.4. The van der Waals surface area contributed by atoms with Gasteiger partial charge in [0, 0.05) is 32.1 Å². The number of aryl methyl sites for hydroxylation is 1. The minimum atomic E-state index is -0.278. The van der Waals surface area contributed by atoms with E-state index in [0.717, 1.165) is 16.8 Å². The average Bonchev–Trinajstić information content (AvgIpc) is 2.56. The van der Waals surface area contributed by atoms with Crippen LogP contribution in [0.25, 0.3) is 0 Å². The van der Waals surface area contributed by atoms with Crippen molar-refractivity contribution in [3.63, 3.8) is 0 Å². The number of carbonyl (C=O) groups is 2. The maximum absolute atomic E-state index is 12.9. The summed E-state index contributed by atoms with van der Waals surface area (Å²) in [5.74, 6) is -0.482. The number of benzene rings is 2. The summed E-state index contributed by atoms with van der Waals surface area (Å²) in [5, 5.41) is 2.84. The molecule has 0 saturated heterocycles. The second kappa shape index (κ2) is 8.97. The van der Waals surface area contributed by atoms with Gasteiger partial charge in [0.2, 0.25) is 11.8 Å². The molecule has 0 atom stereocenters. The monoisotopic (exact) mass is 342 g/mol. The lowest BCUT2D eigenvalue weighted by Crippen LogP contribution is -2.33. The summed E-state index contributed by atoms with van der Waals surface area (Å²) in [6.45, 7) is 4.30. The molecule has 0 aliphatic carbocycles. The number of nitrogens with zero attached hydrogens (tertiary/aromatic N) is 1. The Morgan fingerprint density at radius 2 is 1.80 bits per heavy atom. The van der Waals surface area contributed by atoms with Gasteiger partial charge in [-0.05, 0) is 48.7 Å². The number of anilines is 1. The van der Waals surface area contributed by atoms with Gasteiger partial charge in [-0.25, -0.2) is 4.39 Å². The zero-order valence-electron chi connectivity index (χ0n) is 14.6. The molecule has 132 valence electrons. The van der Waals surface area contributed by atoms with E-state index < -0.39 is 0 Å². The summed E-state index contributed by atoms with van der Waals surface area (Å²) < 4.78 is 12.9. The molecular formula is C20H23FN2O2. The first-order valence-electron chi connectivity index (χ1n) is 8.30. The Morgan fingerprint density at radius 3 is 2.44 bits per heavy atom. The van der Waals surface area contributed by atoms with Gasteiger partial charge in [0.05, 0.1) is 0 Å². The van der Waals surface area contributed by atoms with Crippen LogP contribution in [0.4, 0.5) is 10.1 Å². The van der Waals surface area contributed by atoms with Crippen LogP contribution >= 0.6 is 0 Å². The Balaban J connectivity index is 1.83. The predicted molar refractivity (Wildman–Crippen MR) is 96.8 cm³/mol. The summed E-state index contributed by atoms with van der Waals surface area (Å²) in [4.78, 5) is 25.5. The van der Waals surface area contributed by atoms with Gasteiger partial charge in [0.25, 0.3) is 0 Å². The fourth-order valence-corrected chi connectivity index (χ4v) is 2.52. The van der Waals surface area contributed by atoms with Gasteiger partial charge >= 0.3 is 0 Å². The summed E-state index contributed by atoms with van der Waals surface area (Å²) >= 11 is 0. The summed E-state index contributed by atoms with van der Waals surface area (Å²) in [6.07, 6.45) is 0.857. The largest absolute Gasteiger partial charge is 0.342 e. The van der Waals surface area contributed by atoms with Gasteiger partial charge in [0.1, 0.15) is 5.82 Å². The van der Waals surface area contributed by atoms with E-state index in [9.17, 15) is 14.0 Å². The smallest absolute Gasteiger partial charge is 0.226 e. The Kier molecular flexibility index (Phi) is 6.69. The maximum atomic E-state index is 12.9. The molecule has 2 aromatic carbocycles. The molecule has 0 aromatic heterocycles. The van der Waals surface area contributed by atoms with Crippen LogP contribution in [0, 0.1) is 12.7 Å². The highest BCUT2D eigenvalue weighted by Gasteiger charge is 2.11. The lowest BCUT2D eigenvalue weighted by atomic mass is 10.1. The van der Waals surface area contributed by atoms with Gasteiger partial charge in [-0.3, -0.25) is 9.59 Å². The molecule has 0 heterocycles. The zero-order valence-corrected chi connectivity index (χ0v) is 14.6. The van der Waals surface area contributed by atoms with Crippen LogP contribution in [0.1, 0.15) is 24.5 Å². The number of rotatable bonds is 7. The van der Waals surface area contributed by atoms with E-state index in [1.807, 2.05) is 31.2 Å². The fraction of sp³-hybridized carbons (Fsp3) is 0.300. The van der Waals surface area contributed by atoms with E-state index in [1.165, 1.54) is 19.1 Å². The third-order valence-corrected chi connectivity index (χ3v) is 3.94. The van der Waals surface area contributed by atoms with Crippen molar-refractivity contribution in [2.45, 2.75) is 26.7 Å². The molecule has 0 unspecified atom stereocenters. The van der Waals surface area contributed by atoms with Gasteiger partial charge in [-0.1, -0.05) is 24.3 Å². The Bertz CT molecular complexity index is 729. The van der Waals surface area contributed by atoms with E-state index in [0.29, 0.717) is 19.5 Å². The summed E-state index contributed by atoms with van der Waals surface area (Å²) in [5.41, 5.74) is 2.78. The van der Waals surface area contributed by atoms with Crippen LogP contribution < -0.4 is 5.32 Å². The maximum Gasteiger partial charge on any atom is 0.226 e. The van der Waals surface area contributed by atoms with Crippen molar-refractivity contribution in [2.24, 2.45) is 0 Å². The summed E-state index contributed by atoms with van der Waals surface area (Å²) in [7, 11) is 0. The molecule has 5 heteroatoms. The van der Waals surface area contributed by atoms with Crippen molar-refractivity contribution in [1.82, 2.24) is 4.90 Å². The highest BCUT2D eigenvalue weighted by atomic mass is 19.1. The number of hydrogen-bond donors (Lipinski definition) is 1. The quantitative estimate of drug-likeness (QED) is 0.836. The standard InChI is InChI=1S/C20H23FN2O2/c1-15-4-3-5-19(14-15)22-20(25)11-13-23(16(2)24)12-10-17-6-8-18(21)9-7-17/h3-9,14H,10-13H2,1-2H3,(H,22,25). The van der Waals surface area contributed by atoms with E-state index in [-0.39, 0.29) is 24.1 Å². The van der Waals surface area contributed by atoms with Gasteiger partial charge in [-0.2, -0.15) is 0 Å². The first-order valence-corrected chi connectivity index (χ1v) is 8.30. The molecule has 25 heavy (non-hydrogen) atoms. The number of hydrogen-bond acceptors (Lipinski definition) is 2. The van der Waals surface area contributed by atoms with Crippen LogP contribution in [0.2, 0.25) is 0 Å². The fourth-order valence-electron chi connectivity index (χ4n) is 2.52. The second-order valence-corrected chi connectivity index (χ2v) is 6.05. The first-order chi connectivity index (χ1) is 11.9. The predicted octanol–water partition coefficient (Wildman–Crippen LogP) is 3.55. The molecule has 0 spiro atoms. The Labute approximate surface area is 147 Å². The number of carbonyl (C=O) groups excluding carboxylic acids is 2. The zero-order chi connectivity index (χ0) is 18.2. The minimum Gasteiger partial charge on any atom is -0.342 e. The lowest BCUT2D eigenvalue weighted by Gasteiger charge is -2.21. The van der Waals surface area contributed by atoms with E-state index in [1.54, 1.807) is 17.0 Å². The lowest BCUT2D eigenvalue weighted by molar-refractivity contribution is -0.129. The molecule has 0 aliphatic heterocycles. The van der Waals surface area contributed by atoms with E-state index >= 15 is 0 Å². The Hall–Kier alpha value is -2.69. The van der Waals surface area contributed by atoms with Crippen LogP contribution in [0.15, 0.2) is 48.5 Å². The Morgan fingerprint density at radius 1 is 1.08 bits per heavy atom. The van der Waals surface area contributed by atoms with Gasteiger partial charge < -0.3 is 10.2 Å². The third kappa shape index (κ3) is 6.37.